The lowest BCUT2D eigenvalue weighted by atomic mass is 10.2. The van der Waals surface area contributed by atoms with Gasteiger partial charge < -0.3 is 0 Å². The molecule has 2 aromatic rings. The minimum atomic E-state index is 0.488. The summed E-state index contributed by atoms with van der Waals surface area (Å²) in [6.07, 6.45) is 1.94. The van der Waals surface area contributed by atoms with Crippen LogP contribution in [0.15, 0.2) is 34.9 Å². The highest BCUT2D eigenvalue weighted by molar-refractivity contribution is 9.10. The zero-order chi connectivity index (χ0) is 10.8. The molecule has 0 saturated heterocycles. The molecule has 1 heterocycles. The van der Waals surface area contributed by atoms with Crippen LogP contribution in [-0.2, 0) is 5.88 Å². The number of hydrogen-bond donors (Lipinski definition) is 0. The molecule has 0 aliphatic carbocycles. The maximum atomic E-state index is 5.88. The summed E-state index contributed by atoms with van der Waals surface area (Å²) in [6, 6.07) is 7.98. The molecule has 0 N–H and O–H groups in total. The maximum Gasteiger partial charge on any atom is 0.0700 e. The summed E-state index contributed by atoms with van der Waals surface area (Å²) in [6.45, 7) is 1.97. The van der Waals surface area contributed by atoms with Crippen molar-refractivity contribution in [3.8, 4) is 5.69 Å². The van der Waals surface area contributed by atoms with Crippen molar-refractivity contribution in [2.24, 2.45) is 0 Å². The molecule has 0 atom stereocenters. The highest BCUT2D eigenvalue weighted by Crippen LogP contribution is 2.21. The lowest BCUT2D eigenvalue weighted by Gasteiger charge is -2.07. The average Bonchev–Trinajstić information content (AvgIpc) is 2.65. The molecule has 0 bridgehead atoms. The van der Waals surface area contributed by atoms with Crippen molar-refractivity contribution in [3.63, 3.8) is 0 Å². The van der Waals surface area contributed by atoms with E-state index in [2.05, 4.69) is 21.0 Å². The molecular weight excluding hydrogens is 275 g/mol. The Hall–Kier alpha value is -0.800. The predicted octanol–water partition coefficient (Wildman–Crippen LogP) is 3.68. The number of rotatable bonds is 2. The van der Waals surface area contributed by atoms with Gasteiger partial charge >= 0.3 is 0 Å². The van der Waals surface area contributed by atoms with E-state index in [9.17, 15) is 0 Å². The standard InChI is InChI=1S/C11H10BrClN2/c1-8-4-5-15(14-8)11-6-10(12)3-2-9(11)7-13/h2-6H,7H2,1H3. The third-order valence-electron chi connectivity index (χ3n) is 2.16. The molecule has 1 aromatic carbocycles. The van der Waals surface area contributed by atoms with Crippen molar-refractivity contribution in [1.29, 1.82) is 0 Å². The Morgan fingerprint density at radius 3 is 2.80 bits per heavy atom. The number of hydrogen-bond acceptors (Lipinski definition) is 1. The van der Waals surface area contributed by atoms with Gasteiger partial charge in [-0.2, -0.15) is 5.10 Å². The van der Waals surface area contributed by atoms with E-state index in [1.165, 1.54) is 0 Å². The van der Waals surface area contributed by atoms with Crippen molar-refractivity contribution in [1.82, 2.24) is 9.78 Å². The summed E-state index contributed by atoms with van der Waals surface area (Å²) >= 11 is 9.33. The molecule has 0 saturated carbocycles. The normalized spacial score (nSPS) is 10.6. The van der Waals surface area contributed by atoms with Gasteiger partial charge in [-0.25, -0.2) is 4.68 Å². The number of aromatic nitrogens is 2. The quantitative estimate of drug-likeness (QED) is 0.770. The summed E-state index contributed by atoms with van der Waals surface area (Å²) < 4.78 is 2.87. The molecule has 0 radical (unpaired) electrons. The Morgan fingerprint density at radius 2 is 2.20 bits per heavy atom. The summed E-state index contributed by atoms with van der Waals surface area (Å²) in [5.74, 6) is 0.488. The van der Waals surface area contributed by atoms with Crippen LogP contribution >= 0.6 is 27.5 Å². The van der Waals surface area contributed by atoms with Gasteiger partial charge in [-0.1, -0.05) is 22.0 Å². The van der Waals surface area contributed by atoms with E-state index in [0.717, 1.165) is 21.4 Å². The molecule has 0 unspecified atom stereocenters. The van der Waals surface area contributed by atoms with Gasteiger partial charge in [0.25, 0.3) is 0 Å². The van der Waals surface area contributed by atoms with Crippen LogP contribution in [0, 0.1) is 6.92 Å². The molecular formula is C11H10BrClN2. The van der Waals surface area contributed by atoms with E-state index in [-0.39, 0.29) is 0 Å². The van der Waals surface area contributed by atoms with Crippen molar-refractivity contribution in [2.45, 2.75) is 12.8 Å². The number of alkyl halides is 1. The lowest BCUT2D eigenvalue weighted by Crippen LogP contribution is -1.99. The van der Waals surface area contributed by atoms with Gasteiger partial charge in [-0.3, -0.25) is 0 Å². The molecule has 78 valence electrons. The van der Waals surface area contributed by atoms with Crippen LogP contribution in [0.1, 0.15) is 11.3 Å². The highest BCUT2D eigenvalue weighted by Gasteiger charge is 2.05. The number of aryl methyl sites for hydroxylation is 1. The maximum absolute atomic E-state index is 5.88. The first-order valence-electron chi connectivity index (χ1n) is 4.58. The predicted molar refractivity (Wildman–Crippen MR) is 65.6 cm³/mol. The van der Waals surface area contributed by atoms with Crippen LogP contribution in [-0.4, -0.2) is 9.78 Å². The summed E-state index contributed by atoms with van der Waals surface area (Å²) in [5, 5.41) is 4.37. The topological polar surface area (TPSA) is 17.8 Å². The fraction of sp³-hybridized carbons (Fsp3) is 0.182. The Bertz CT molecular complexity index is 479. The summed E-state index contributed by atoms with van der Waals surface area (Å²) in [5.41, 5.74) is 3.09. The lowest BCUT2D eigenvalue weighted by molar-refractivity contribution is 0.853. The Balaban J connectivity index is 2.55. The zero-order valence-corrected chi connectivity index (χ0v) is 10.6. The number of halogens is 2. The van der Waals surface area contributed by atoms with Gasteiger partial charge in [0.05, 0.1) is 11.4 Å². The monoisotopic (exact) mass is 284 g/mol. The van der Waals surface area contributed by atoms with E-state index in [1.54, 1.807) is 0 Å². The zero-order valence-electron chi connectivity index (χ0n) is 8.24. The van der Waals surface area contributed by atoms with Crippen LogP contribution in [0.4, 0.5) is 0 Å². The summed E-state index contributed by atoms with van der Waals surface area (Å²) in [7, 11) is 0. The molecule has 2 rings (SSSR count). The smallest absolute Gasteiger partial charge is 0.0700 e. The van der Waals surface area contributed by atoms with Crippen molar-refractivity contribution >= 4 is 27.5 Å². The minimum Gasteiger partial charge on any atom is -0.240 e. The molecule has 0 aliphatic rings. The van der Waals surface area contributed by atoms with Crippen LogP contribution in [0.3, 0.4) is 0 Å². The van der Waals surface area contributed by atoms with Gasteiger partial charge in [-0.15, -0.1) is 11.6 Å². The van der Waals surface area contributed by atoms with Gasteiger partial charge in [0.2, 0.25) is 0 Å². The van der Waals surface area contributed by atoms with Gasteiger partial charge in [0, 0.05) is 16.5 Å². The number of benzene rings is 1. The second-order valence-corrected chi connectivity index (χ2v) is 4.49. The molecule has 0 fully saturated rings. The van der Waals surface area contributed by atoms with Crippen molar-refractivity contribution < 1.29 is 0 Å². The van der Waals surface area contributed by atoms with E-state index < -0.39 is 0 Å². The first kappa shape index (κ1) is 10.7. The summed E-state index contributed by atoms with van der Waals surface area (Å²) in [4.78, 5) is 0. The van der Waals surface area contributed by atoms with Crippen molar-refractivity contribution in [3.05, 3.63) is 46.2 Å². The van der Waals surface area contributed by atoms with E-state index >= 15 is 0 Å². The van der Waals surface area contributed by atoms with Crippen LogP contribution < -0.4 is 0 Å². The van der Waals surface area contributed by atoms with Crippen LogP contribution in [0.25, 0.3) is 5.69 Å². The largest absolute Gasteiger partial charge is 0.240 e. The molecule has 1 aromatic heterocycles. The molecule has 15 heavy (non-hydrogen) atoms. The highest BCUT2D eigenvalue weighted by atomic mass is 79.9. The van der Waals surface area contributed by atoms with Gasteiger partial charge in [0.15, 0.2) is 0 Å². The average molecular weight is 286 g/mol. The third kappa shape index (κ3) is 2.24. The molecule has 0 amide bonds. The van der Waals surface area contributed by atoms with E-state index in [1.807, 2.05) is 42.1 Å². The van der Waals surface area contributed by atoms with Gasteiger partial charge in [0.1, 0.15) is 0 Å². The fourth-order valence-corrected chi connectivity index (χ4v) is 1.99. The van der Waals surface area contributed by atoms with Gasteiger partial charge in [-0.05, 0) is 30.7 Å². The molecule has 2 nitrogen and oxygen atoms in total. The van der Waals surface area contributed by atoms with Crippen LogP contribution in [0.5, 0.6) is 0 Å². The number of nitrogens with zero attached hydrogens (tertiary/aromatic N) is 2. The second kappa shape index (κ2) is 4.37. The Kier molecular flexibility index (Phi) is 3.12. The molecule has 0 spiro atoms. The first-order chi connectivity index (χ1) is 7.20. The first-order valence-corrected chi connectivity index (χ1v) is 5.90. The van der Waals surface area contributed by atoms with Crippen LogP contribution in [0.2, 0.25) is 0 Å². The second-order valence-electron chi connectivity index (χ2n) is 3.31. The van der Waals surface area contributed by atoms with Crippen molar-refractivity contribution in [2.75, 3.05) is 0 Å². The van der Waals surface area contributed by atoms with E-state index in [0.29, 0.717) is 5.88 Å². The fourth-order valence-electron chi connectivity index (χ4n) is 1.41. The Labute approximate surface area is 102 Å². The molecule has 4 heteroatoms. The van der Waals surface area contributed by atoms with E-state index in [4.69, 9.17) is 11.6 Å². The minimum absolute atomic E-state index is 0.488. The SMILES string of the molecule is Cc1ccn(-c2cc(Br)ccc2CCl)n1. The Morgan fingerprint density at radius 1 is 1.40 bits per heavy atom. The third-order valence-corrected chi connectivity index (χ3v) is 2.94. The molecule has 0 aliphatic heterocycles.